The zero-order chi connectivity index (χ0) is 9.26. The molecule has 2 heterocycles. The Morgan fingerprint density at radius 2 is 2.38 bits per heavy atom. The average Bonchev–Trinajstić information content (AvgIpc) is 2.44. The van der Waals surface area contributed by atoms with Crippen molar-refractivity contribution in [3.8, 4) is 6.01 Å². The van der Waals surface area contributed by atoms with Gasteiger partial charge in [0.2, 0.25) is 0 Å². The van der Waals surface area contributed by atoms with E-state index in [1.165, 1.54) is 6.20 Å². The number of nitrogens with zero attached hydrogens (tertiary/aromatic N) is 2. The molecular weight excluding hydrogens is 192 g/mol. The molecule has 7 heteroatoms. The summed E-state index contributed by atoms with van der Waals surface area (Å²) in [6, 6.07) is -0.00671. The minimum atomic E-state index is -0.00671. The van der Waals surface area contributed by atoms with Gasteiger partial charge in [-0.3, -0.25) is 4.79 Å². The van der Waals surface area contributed by atoms with Gasteiger partial charge in [0.1, 0.15) is 5.52 Å². The van der Waals surface area contributed by atoms with E-state index in [-0.39, 0.29) is 12.5 Å². The van der Waals surface area contributed by atoms with Crippen LogP contribution in [-0.2, 0) is 4.79 Å². The Bertz CT molecular complexity index is 503. The highest BCUT2D eigenvalue weighted by Gasteiger charge is 2.01. The highest BCUT2D eigenvalue weighted by Crippen LogP contribution is 2.08. The van der Waals surface area contributed by atoms with E-state index in [1.807, 2.05) is 0 Å². The van der Waals surface area contributed by atoms with Crippen LogP contribution in [0.4, 0.5) is 0 Å². The maximum absolute atomic E-state index is 9.97. The van der Waals surface area contributed by atoms with Crippen molar-refractivity contribution in [2.24, 2.45) is 0 Å². The minimum absolute atomic E-state index is 0.00671. The molecule has 0 amide bonds. The molecule has 2 aromatic heterocycles. The molecule has 6 nitrogen and oxygen atoms in total. The normalized spacial score (nSPS) is 10.2. The molecule has 0 aliphatic rings. The number of fused-ring (bicyclic) bond motifs is 1. The first-order chi connectivity index (χ1) is 6.29. The van der Waals surface area contributed by atoms with Crippen LogP contribution in [0.1, 0.15) is 0 Å². The Morgan fingerprint density at radius 1 is 1.54 bits per heavy atom. The van der Waals surface area contributed by atoms with E-state index in [2.05, 4.69) is 24.7 Å². The summed E-state index contributed by atoms with van der Waals surface area (Å²) in [6.07, 6.45) is 1.48. The Kier molecular flexibility index (Phi) is 1.78. The topological polar surface area (TPSA) is 83.7 Å². The molecule has 0 spiro atoms. The van der Waals surface area contributed by atoms with Gasteiger partial charge in [0.05, 0.1) is 6.20 Å². The molecule has 0 saturated carbocycles. The molecule has 2 N–H and O–H groups in total. The second-order valence-electron chi connectivity index (χ2n) is 2.21. The molecule has 0 aromatic carbocycles. The van der Waals surface area contributed by atoms with E-state index in [0.29, 0.717) is 15.9 Å². The Morgan fingerprint density at radius 3 is 3.15 bits per heavy atom. The van der Waals surface area contributed by atoms with Crippen LogP contribution in [-0.4, -0.2) is 26.4 Å². The van der Waals surface area contributed by atoms with Crippen LogP contribution < -0.4 is 4.74 Å². The summed E-state index contributed by atoms with van der Waals surface area (Å²) in [6.45, 7) is 0.266. The van der Waals surface area contributed by atoms with Gasteiger partial charge in [-0.25, -0.2) is 4.98 Å². The van der Waals surface area contributed by atoms with Crippen LogP contribution in [0.3, 0.4) is 0 Å². The molecule has 0 unspecified atom stereocenters. The molecule has 0 fully saturated rings. The van der Waals surface area contributed by atoms with Crippen molar-refractivity contribution in [2.45, 2.75) is 0 Å². The predicted molar refractivity (Wildman–Crippen MR) is 45.8 cm³/mol. The summed E-state index contributed by atoms with van der Waals surface area (Å²) in [7, 11) is 0. The number of carbonyl (C=O) groups is 1. The third-order valence-electron chi connectivity index (χ3n) is 1.40. The largest absolute Gasteiger partial charge is 0.393 e. The van der Waals surface area contributed by atoms with E-state index in [4.69, 9.17) is 12.2 Å². The zero-order valence-corrected chi connectivity index (χ0v) is 7.09. The highest BCUT2D eigenvalue weighted by molar-refractivity contribution is 7.71. The summed E-state index contributed by atoms with van der Waals surface area (Å²) in [5.41, 5.74) is 1.18. The monoisotopic (exact) mass is 196 g/mol. The van der Waals surface area contributed by atoms with Crippen molar-refractivity contribution < 1.29 is 9.53 Å². The number of rotatable bonds is 2. The van der Waals surface area contributed by atoms with Crippen molar-refractivity contribution in [1.82, 2.24) is 19.9 Å². The van der Waals surface area contributed by atoms with E-state index in [9.17, 15) is 4.79 Å². The summed E-state index contributed by atoms with van der Waals surface area (Å²) in [4.78, 5) is 23.2. The number of aromatic amines is 2. The number of hydrogen-bond donors (Lipinski definition) is 2. The molecule has 0 aliphatic carbocycles. The van der Waals surface area contributed by atoms with Crippen LogP contribution in [0.2, 0.25) is 0 Å². The number of H-pyrrole nitrogens is 2. The molecule has 0 atom stereocenters. The first-order valence-electron chi connectivity index (χ1n) is 3.35. The third kappa shape index (κ3) is 1.41. The average molecular weight is 196 g/mol. The quantitative estimate of drug-likeness (QED) is 0.541. The van der Waals surface area contributed by atoms with Gasteiger partial charge in [0.25, 0.3) is 0 Å². The first-order valence-corrected chi connectivity index (χ1v) is 3.76. The van der Waals surface area contributed by atoms with Gasteiger partial charge in [0.15, 0.2) is 10.4 Å². The summed E-state index contributed by atoms with van der Waals surface area (Å²) < 4.78 is 4.90. The van der Waals surface area contributed by atoms with Crippen LogP contribution in [0.15, 0.2) is 6.20 Å². The van der Waals surface area contributed by atoms with Crippen LogP contribution >= 0.6 is 12.2 Å². The molecule has 0 bridgehead atoms. The molecule has 13 heavy (non-hydrogen) atoms. The lowest BCUT2D eigenvalue weighted by molar-refractivity contribution is -0.121. The smallest absolute Gasteiger partial charge is 0.326 e. The summed E-state index contributed by atoms with van der Waals surface area (Å²) >= 11 is 4.83. The van der Waals surface area contributed by atoms with Crippen LogP contribution in [0, 0.1) is 4.77 Å². The van der Waals surface area contributed by atoms with Gasteiger partial charge in [0, 0.05) is 0 Å². The van der Waals surface area contributed by atoms with E-state index < -0.39 is 0 Å². The number of hydrogen-bond acceptors (Lipinski definition) is 5. The fraction of sp³-hybridized carbons (Fsp3) is 0. The number of imidazole rings is 1. The van der Waals surface area contributed by atoms with E-state index in [1.54, 1.807) is 0 Å². The van der Waals surface area contributed by atoms with Gasteiger partial charge < -0.3 is 14.7 Å². The maximum Gasteiger partial charge on any atom is 0.326 e. The number of aromatic nitrogens is 4. The molecule has 2 aromatic rings. The van der Waals surface area contributed by atoms with Gasteiger partial charge >= 0.3 is 12.5 Å². The lowest BCUT2D eigenvalue weighted by Gasteiger charge is -1.92. The number of carbonyl (C=O) groups excluding carboxylic acids is 1. The van der Waals surface area contributed by atoms with Crippen molar-refractivity contribution in [3.05, 3.63) is 11.0 Å². The molecule has 0 aliphatic heterocycles. The SMILES string of the molecule is O=COc1ncc2[nH]c(=S)[nH]c2n1. The van der Waals surface area contributed by atoms with Gasteiger partial charge in [-0.2, -0.15) is 4.98 Å². The van der Waals surface area contributed by atoms with Crippen molar-refractivity contribution in [2.75, 3.05) is 0 Å². The zero-order valence-electron chi connectivity index (χ0n) is 6.27. The van der Waals surface area contributed by atoms with Crippen molar-refractivity contribution in [1.29, 1.82) is 0 Å². The molecule has 2 rings (SSSR count). The minimum Gasteiger partial charge on any atom is -0.393 e. The second-order valence-corrected chi connectivity index (χ2v) is 2.62. The summed E-state index contributed by atoms with van der Waals surface area (Å²) in [5.74, 6) is 0. The van der Waals surface area contributed by atoms with Crippen LogP contribution in [0.5, 0.6) is 6.01 Å². The van der Waals surface area contributed by atoms with Crippen LogP contribution in [0.25, 0.3) is 11.2 Å². The standard InChI is InChI=1S/C6H4N4O2S/c11-2-12-5-7-1-3-4(9-5)10-6(13)8-3/h1-2H,(H2,7,8,9,10,13). The molecule has 0 saturated heterocycles. The maximum atomic E-state index is 9.97. The van der Waals surface area contributed by atoms with Gasteiger partial charge in [-0.15, -0.1) is 0 Å². The number of nitrogens with one attached hydrogen (secondary N) is 2. The second kappa shape index (κ2) is 2.94. The fourth-order valence-electron chi connectivity index (χ4n) is 0.913. The van der Waals surface area contributed by atoms with E-state index >= 15 is 0 Å². The Balaban J connectivity index is 2.60. The lowest BCUT2D eigenvalue weighted by Crippen LogP contribution is -1.94. The Labute approximate surface area is 77.0 Å². The number of ether oxygens (including phenoxy) is 1. The molecule has 0 radical (unpaired) electrons. The van der Waals surface area contributed by atoms with Gasteiger partial charge in [-0.1, -0.05) is 0 Å². The predicted octanol–water partition coefficient (Wildman–Crippen LogP) is 0.551. The molecule has 66 valence electrons. The lowest BCUT2D eigenvalue weighted by atomic mass is 10.6. The Hall–Kier alpha value is -1.76. The third-order valence-corrected chi connectivity index (χ3v) is 1.60. The fourth-order valence-corrected chi connectivity index (χ4v) is 1.12. The highest BCUT2D eigenvalue weighted by atomic mass is 32.1. The van der Waals surface area contributed by atoms with Gasteiger partial charge in [-0.05, 0) is 12.2 Å². The van der Waals surface area contributed by atoms with Crippen molar-refractivity contribution in [3.63, 3.8) is 0 Å². The van der Waals surface area contributed by atoms with Crippen molar-refractivity contribution >= 4 is 29.9 Å². The first kappa shape index (κ1) is 7.87. The molecular formula is C6H4N4O2S. The summed E-state index contributed by atoms with van der Waals surface area (Å²) in [5, 5.41) is 0. The van der Waals surface area contributed by atoms with E-state index in [0.717, 1.165) is 0 Å².